The van der Waals surface area contributed by atoms with Crippen LogP contribution in [0.2, 0.25) is 0 Å². The average molecular weight is 337 g/mol. The zero-order valence-corrected chi connectivity index (χ0v) is 13.1. The van der Waals surface area contributed by atoms with Crippen LogP contribution in [0.5, 0.6) is 11.5 Å². The van der Waals surface area contributed by atoms with E-state index in [9.17, 15) is 18.8 Å². The summed E-state index contributed by atoms with van der Waals surface area (Å²) in [4.78, 5) is 34.6. The van der Waals surface area contributed by atoms with E-state index in [0.717, 1.165) is 6.07 Å². The molecule has 0 saturated heterocycles. The standard InChI is InChI=1S/C15H16FN3O5/c1-4-5-17-13(20)8-18-14(21)15(22)19-10-7-12(24-3)11(23-2)6-9(10)16/h1,6-7H,5,8H2,2-3H3,(H,17,20)(H,18,21)(H,19,22). The van der Waals surface area contributed by atoms with Gasteiger partial charge in [0, 0.05) is 12.1 Å². The monoisotopic (exact) mass is 337 g/mol. The maximum absolute atomic E-state index is 13.9. The lowest BCUT2D eigenvalue weighted by Crippen LogP contribution is -2.42. The van der Waals surface area contributed by atoms with Crippen molar-refractivity contribution in [2.75, 3.05) is 32.6 Å². The Hall–Kier alpha value is -3.28. The fourth-order valence-electron chi connectivity index (χ4n) is 1.58. The summed E-state index contributed by atoms with van der Waals surface area (Å²) in [6.07, 6.45) is 4.95. The molecular formula is C15H16FN3O5. The largest absolute Gasteiger partial charge is 0.493 e. The maximum Gasteiger partial charge on any atom is 0.313 e. The molecule has 0 aliphatic carbocycles. The molecule has 0 saturated carbocycles. The van der Waals surface area contributed by atoms with Gasteiger partial charge in [-0.05, 0) is 0 Å². The molecule has 9 heteroatoms. The fourth-order valence-corrected chi connectivity index (χ4v) is 1.58. The van der Waals surface area contributed by atoms with Crippen LogP contribution in [0.25, 0.3) is 0 Å². The molecule has 1 rings (SSSR count). The minimum absolute atomic E-state index is 0.00223. The number of ether oxygens (including phenoxy) is 2. The number of halogens is 1. The van der Waals surface area contributed by atoms with Crippen molar-refractivity contribution in [2.24, 2.45) is 0 Å². The van der Waals surface area contributed by atoms with E-state index in [1.165, 1.54) is 20.3 Å². The predicted molar refractivity (Wildman–Crippen MR) is 83.0 cm³/mol. The number of carbonyl (C=O) groups is 3. The van der Waals surface area contributed by atoms with Gasteiger partial charge in [-0.15, -0.1) is 6.42 Å². The van der Waals surface area contributed by atoms with Crippen molar-refractivity contribution in [1.29, 1.82) is 0 Å². The molecular weight excluding hydrogens is 321 g/mol. The van der Waals surface area contributed by atoms with Gasteiger partial charge in [-0.25, -0.2) is 4.39 Å². The van der Waals surface area contributed by atoms with Gasteiger partial charge in [0.25, 0.3) is 0 Å². The molecule has 0 spiro atoms. The average Bonchev–Trinajstić information content (AvgIpc) is 2.58. The smallest absolute Gasteiger partial charge is 0.313 e. The van der Waals surface area contributed by atoms with Gasteiger partial charge < -0.3 is 25.4 Å². The van der Waals surface area contributed by atoms with Gasteiger partial charge in [-0.1, -0.05) is 5.92 Å². The van der Waals surface area contributed by atoms with Crippen molar-refractivity contribution < 1.29 is 28.2 Å². The highest BCUT2D eigenvalue weighted by atomic mass is 19.1. The molecule has 128 valence electrons. The molecule has 0 aliphatic rings. The van der Waals surface area contributed by atoms with Gasteiger partial charge in [0.15, 0.2) is 17.3 Å². The van der Waals surface area contributed by atoms with Crippen LogP contribution < -0.4 is 25.4 Å². The highest BCUT2D eigenvalue weighted by Gasteiger charge is 2.18. The van der Waals surface area contributed by atoms with Gasteiger partial charge in [-0.3, -0.25) is 14.4 Å². The maximum atomic E-state index is 13.9. The van der Waals surface area contributed by atoms with Crippen molar-refractivity contribution in [3.05, 3.63) is 17.9 Å². The van der Waals surface area contributed by atoms with Crippen LogP contribution in [0.4, 0.5) is 10.1 Å². The Morgan fingerprint density at radius 1 is 1.12 bits per heavy atom. The van der Waals surface area contributed by atoms with E-state index in [-0.39, 0.29) is 23.7 Å². The lowest BCUT2D eigenvalue weighted by Gasteiger charge is -2.11. The highest BCUT2D eigenvalue weighted by molar-refractivity contribution is 6.39. The molecule has 8 nitrogen and oxygen atoms in total. The lowest BCUT2D eigenvalue weighted by molar-refractivity contribution is -0.136. The first-order valence-corrected chi connectivity index (χ1v) is 6.63. The molecule has 0 aliphatic heterocycles. The summed E-state index contributed by atoms with van der Waals surface area (Å²) in [6, 6.07) is 2.17. The number of rotatable bonds is 6. The zero-order valence-electron chi connectivity index (χ0n) is 13.1. The molecule has 1 aromatic rings. The molecule has 3 N–H and O–H groups in total. The molecule has 0 radical (unpaired) electrons. The molecule has 24 heavy (non-hydrogen) atoms. The van der Waals surface area contributed by atoms with Crippen LogP contribution >= 0.6 is 0 Å². The number of amides is 3. The number of nitrogens with one attached hydrogen (secondary N) is 3. The SMILES string of the molecule is C#CCNC(=O)CNC(=O)C(=O)Nc1cc(OC)c(OC)cc1F. The van der Waals surface area contributed by atoms with Crippen molar-refractivity contribution in [1.82, 2.24) is 10.6 Å². The number of anilines is 1. The first-order valence-electron chi connectivity index (χ1n) is 6.63. The number of hydrogen-bond donors (Lipinski definition) is 3. The van der Waals surface area contributed by atoms with Gasteiger partial charge in [-0.2, -0.15) is 0 Å². The van der Waals surface area contributed by atoms with E-state index in [0.29, 0.717) is 0 Å². The van der Waals surface area contributed by atoms with Gasteiger partial charge in [0.1, 0.15) is 0 Å². The van der Waals surface area contributed by atoms with Crippen LogP contribution in [0.1, 0.15) is 0 Å². The molecule has 0 aromatic heterocycles. The molecule has 0 fully saturated rings. The Morgan fingerprint density at radius 3 is 2.33 bits per heavy atom. The lowest BCUT2D eigenvalue weighted by atomic mass is 10.2. The summed E-state index contributed by atoms with van der Waals surface area (Å²) in [5.41, 5.74) is -0.274. The number of methoxy groups -OCH3 is 2. The molecule has 1 aromatic carbocycles. The first kappa shape index (κ1) is 18.8. The summed E-state index contributed by atoms with van der Waals surface area (Å²) >= 11 is 0. The third kappa shape index (κ3) is 5.17. The van der Waals surface area contributed by atoms with Crippen LogP contribution in [-0.4, -0.2) is 45.0 Å². The Kier molecular flexibility index (Phi) is 7.03. The summed E-state index contributed by atoms with van der Waals surface area (Å²) < 4.78 is 23.7. The van der Waals surface area contributed by atoms with Crippen LogP contribution in [0.3, 0.4) is 0 Å². The summed E-state index contributed by atoms with van der Waals surface area (Å²) in [5, 5.41) is 6.45. The van der Waals surface area contributed by atoms with E-state index in [2.05, 4.69) is 21.9 Å². The summed E-state index contributed by atoms with van der Waals surface area (Å²) in [6.45, 7) is -0.444. The second kappa shape index (κ2) is 8.99. The molecule has 0 heterocycles. The first-order chi connectivity index (χ1) is 11.4. The molecule has 3 amide bonds. The van der Waals surface area contributed by atoms with Crippen LogP contribution in [-0.2, 0) is 14.4 Å². The van der Waals surface area contributed by atoms with Crippen molar-refractivity contribution in [3.63, 3.8) is 0 Å². The number of carbonyl (C=O) groups excluding carboxylic acids is 3. The Bertz CT molecular complexity index is 684. The van der Waals surface area contributed by atoms with Crippen LogP contribution in [0, 0.1) is 18.2 Å². The quantitative estimate of drug-likeness (QED) is 0.486. The number of hydrogen-bond acceptors (Lipinski definition) is 5. The Balaban J connectivity index is 2.69. The highest BCUT2D eigenvalue weighted by Crippen LogP contribution is 2.32. The minimum atomic E-state index is -1.15. The number of benzene rings is 1. The predicted octanol–water partition coefficient (Wildman–Crippen LogP) is -0.353. The zero-order chi connectivity index (χ0) is 18.1. The third-order valence-electron chi connectivity index (χ3n) is 2.72. The second-order valence-corrected chi connectivity index (χ2v) is 4.30. The minimum Gasteiger partial charge on any atom is -0.493 e. The number of terminal acetylenes is 1. The van der Waals surface area contributed by atoms with Gasteiger partial charge >= 0.3 is 11.8 Å². The van der Waals surface area contributed by atoms with E-state index >= 15 is 0 Å². The summed E-state index contributed by atoms with van der Waals surface area (Å²) in [5.74, 6) is -1.16. The van der Waals surface area contributed by atoms with E-state index in [1.807, 2.05) is 0 Å². The Labute approximate surface area is 137 Å². The van der Waals surface area contributed by atoms with Gasteiger partial charge in [0.2, 0.25) is 5.91 Å². The van der Waals surface area contributed by atoms with Crippen molar-refractivity contribution in [3.8, 4) is 23.8 Å². The normalized spacial score (nSPS) is 9.42. The van der Waals surface area contributed by atoms with E-state index < -0.39 is 30.1 Å². The third-order valence-corrected chi connectivity index (χ3v) is 2.72. The summed E-state index contributed by atoms with van der Waals surface area (Å²) in [7, 11) is 2.66. The second-order valence-electron chi connectivity index (χ2n) is 4.30. The van der Waals surface area contributed by atoms with E-state index in [1.54, 1.807) is 0 Å². The van der Waals surface area contributed by atoms with E-state index in [4.69, 9.17) is 15.9 Å². The Morgan fingerprint density at radius 2 is 1.75 bits per heavy atom. The van der Waals surface area contributed by atoms with Crippen molar-refractivity contribution in [2.45, 2.75) is 0 Å². The molecule has 0 unspecified atom stereocenters. The van der Waals surface area contributed by atoms with Gasteiger partial charge in [0.05, 0.1) is 33.0 Å². The van der Waals surface area contributed by atoms with Crippen molar-refractivity contribution >= 4 is 23.4 Å². The molecule has 0 atom stereocenters. The topological polar surface area (TPSA) is 106 Å². The fraction of sp³-hybridized carbons (Fsp3) is 0.267. The molecule has 0 bridgehead atoms. The van der Waals surface area contributed by atoms with Crippen LogP contribution in [0.15, 0.2) is 12.1 Å².